The summed E-state index contributed by atoms with van der Waals surface area (Å²) in [5.74, 6) is -0.345. The predicted octanol–water partition coefficient (Wildman–Crippen LogP) is 1.31. The van der Waals surface area contributed by atoms with E-state index in [1.165, 1.54) is 0 Å². The summed E-state index contributed by atoms with van der Waals surface area (Å²) in [5, 5.41) is 0. The van der Waals surface area contributed by atoms with Crippen LogP contribution in [0, 0.1) is 0 Å². The molecular formula is C15H18N2O3. The fourth-order valence-electron chi connectivity index (χ4n) is 2.11. The Morgan fingerprint density at radius 1 is 1.20 bits per heavy atom. The zero-order valence-corrected chi connectivity index (χ0v) is 11.3. The second kappa shape index (κ2) is 6.75. The van der Waals surface area contributed by atoms with Gasteiger partial charge < -0.3 is 14.5 Å². The highest BCUT2D eigenvalue weighted by molar-refractivity contribution is 5.89. The summed E-state index contributed by atoms with van der Waals surface area (Å²) in [6, 6.07) is 7.32. The summed E-state index contributed by atoms with van der Waals surface area (Å²) in [6.07, 6.45) is 2.43. The van der Waals surface area contributed by atoms with Gasteiger partial charge in [0.25, 0.3) is 0 Å². The molecule has 0 aliphatic carbocycles. The van der Waals surface area contributed by atoms with Crippen molar-refractivity contribution in [1.82, 2.24) is 4.90 Å². The van der Waals surface area contributed by atoms with Crippen molar-refractivity contribution in [2.75, 3.05) is 37.7 Å². The minimum absolute atomic E-state index is 0.217. The quantitative estimate of drug-likeness (QED) is 0.461. The number of hydrogen-bond donors (Lipinski definition) is 0. The number of amides is 1. The van der Waals surface area contributed by atoms with Crippen LogP contribution in [0.5, 0.6) is 0 Å². The molecule has 0 bridgehead atoms. The average Bonchev–Trinajstić information content (AvgIpc) is 2.53. The Morgan fingerprint density at radius 3 is 2.40 bits per heavy atom. The normalized spacial score (nSPS) is 14.8. The van der Waals surface area contributed by atoms with Gasteiger partial charge in [0.1, 0.15) is 6.61 Å². The van der Waals surface area contributed by atoms with Crippen LogP contribution in [0.3, 0.4) is 0 Å². The maximum atomic E-state index is 11.6. The molecule has 1 aliphatic heterocycles. The zero-order chi connectivity index (χ0) is 14.4. The van der Waals surface area contributed by atoms with Gasteiger partial charge in [0.15, 0.2) is 0 Å². The lowest BCUT2D eigenvalue weighted by Gasteiger charge is -2.34. The minimum atomic E-state index is -0.345. The maximum absolute atomic E-state index is 11.6. The van der Waals surface area contributed by atoms with Crippen LogP contribution in [-0.4, -0.2) is 50.1 Å². The highest BCUT2D eigenvalue weighted by Gasteiger charge is 2.16. The number of piperazine rings is 1. The van der Waals surface area contributed by atoms with Gasteiger partial charge in [-0.25, -0.2) is 4.79 Å². The molecule has 5 nitrogen and oxygen atoms in total. The van der Waals surface area contributed by atoms with Crippen LogP contribution in [-0.2, 0) is 9.53 Å². The Balaban J connectivity index is 1.96. The largest absolute Gasteiger partial charge is 0.458 e. The van der Waals surface area contributed by atoms with Crippen LogP contribution in [0.2, 0.25) is 0 Å². The number of ether oxygens (including phenoxy) is 1. The first-order chi connectivity index (χ1) is 9.74. The highest BCUT2D eigenvalue weighted by Crippen LogP contribution is 2.17. The lowest BCUT2D eigenvalue weighted by Crippen LogP contribution is -2.45. The molecule has 5 heteroatoms. The molecule has 1 fully saturated rings. The van der Waals surface area contributed by atoms with E-state index in [1.807, 2.05) is 12.1 Å². The first kappa shape index (κ1) is 14.1. The van der Waals surface area contributed by atoms with E-state index in [1.54, 1.807) is 23.1 Å². The molecule has 1 saturated heterocycles. The number of benzene rings is 1. The van der Waals surface area contributed by atoms with Crippen molar-refractivity contribution >= 4 is 18.1 Å². The molecule has 1 amide bonds. The molecule has 0 saturated carbocycles. The van der Waals surface area contributed by atoms with E-state index in [4.69, 9.17) is 4.74 Å². The Kier molecular flexibility index (Phi) is 4.76. The Labute approximate surface area is 118 Å². The second-order valence-electron chi connectivity index (χ2n) is 4.56. The van der Waals surface area contributed by atoms with Crippen LogP contribution in [0.25, 0.3) is 0 Å². The van der Waals surface area contributed by atoms with Gasteiger partial charge in [-0.05, 0) is 24.3 Å². The van der Waals surface area contributed by atoms with Gasteiger partial charge >= 0.3 is 5.97 Å². The molecule has 1 heterocycles. The van der Waals surface area contributed by atoms with Crippen LogP contribution in [0.15, 0.2) is 36.9 Å². The van der Waals surface area contributed by atoms with Gasteiger partial charge in [0.05, 0.1) is 5.56 Å². The van der Waals surface area contributed by atoms with E-state index in [2.05, 4.69) is 11.5 Å². The Morgan fingerprint density at radius 2 is 1.85 bits per heavy atom. The van der Waals surface area contributed by atoms with Gasteiger partial charge in [-0.3, -0.25) is 4.79 Å². The standard InChI is InChI=1S/C15H18N2O3/c1-2-11-20-15(19)13-3-5-14(6-4-13)17-9-7-16(12-18)8-10-17/h2-6,12H,1,7-11H2. The van der Waals surface area contributed by atoms with Crippen molar-refractivity contribution in [1.29, 1.82) is 0 Å². The van der Waals surface area contributed by atoms with Crippen LogP contribution in [0.1, 0.15) is 10.4 Å². The number of hydrogen-bond acceptors (Lipinski definition) is 4. The molecule has 1 aromatic carbocycles. The molecule has 0 spiro atoms. The van der Waals surface area contributed by atoms with E-state index in [-0.39, 0.29) is 12.6 Å². The Bertz CT molecular complexity index is 476. The molecule has 20 heavy (non-hydrogen) atoms. The van der Waals surface area contributed by atoms with E-state index in [9.17, 15) is 9.59 Å². The fraction of sp³-hybridized carbons (Fsp3) is 0.333. The van der Waals surface area contributed by atoms with Gasteiger partial charge in [0, 0.05) is 31.9 Å². The van der Waals surface area contributed by atoms with Crippen molar-refractivity contribution in [3.63, 3.8) is 0 Å². The van der Waals surface area contributed by atoms with Crippen molar-refractivity contribution in [2.45, 2.75) is 0 Å². The summed E-state index contributed by atoms with van der Waals surface area (Å²) in [4.78, 5) is 26.3. The third-order valence-electron chi connectivity index (χ3n) is 3.26. The van der Waals surface area contributed by atoms with Crippen LogP contribution >= 0.6 is 0 Å². The zero-order valence-electron chi connectivity index (χ0n) is 11.3. The monoisotopic (exact) mass is 274 g/mol. The molecule has 2 rings (SSSR count). The molecule has 0 unspecified atom stereocenters. The van der Waals surface area contributed by atoms with Crippen molar-refractivity contribution in [3.05, 3.63) is 42.5 Å². The fourth-order valence-corrected chi connectivity index (χ4v) is 2.11. The lowest BCUT2D eigenvalue weighted by molar-refractivity contribution is -0.118. The molecule has 1 aliphatic rings. The molecular weight excluding hydrogens is 256 g/mol. The molecule has 106 valence electrons. The molecule has 0 atom stereocenters. The lowest BCUT2D eigenvalue weighted by atomic mass is 10.2. The van der Waals surface area contributed by atoms with Gasteiger partial charge in [-0.15, -0.1) is 0 Å². The SMILES string of the molecule is C=CCOC(=O)c1ccc(N2CCN(C=O)CC2)cc1. The maximum Gasteiger partial charge on any atom is 0.338 e. The first-order valence-electron chi connectivity index (χ1n) is 6.57. The average molecular weight is 274 g/mol. The summed E-state index contributed by atoms with van der Waals surface area (Å²) in [7, 11) is 0. The number of esters is 1. The van der Waals surface area contributed by atoms with Gasteiger partial charge in [-0.1, -0.05) is 12.7 Å². The summed E-state index contributed by atoms with van der Waals surface area (Å²) in [6.45, 7) is 6.79. The minimum Gasteiger partial charge on any atom is -0.458 e. The summed E-state index contributed by atoms with van der Waals surface area (Å²) >= 11 is 0. The number of carbonyl (C=O) groups is 2. The smallest absolute Gasteiger partial charge is 0.338 e. The third-order valence-corrected chi connectivity index (χ3v) is 3.26. The Hall–Kier alpha value is -2.30. The van der Waals surface area contributed by atoms with Crippen molar-refractivity contribution < 1.29 is 14.3 Å². The molecule has 1 aromatic rings. The molecule has 0 radical (unpaired) electrons. The van der Waals surface area contributed by atoms with E-state index < -0.39 is 0 Å². The second-order valence-corrected chi connectivity index (χ2v) is 4.56. The van der Waals surface area contributed by atoms with Gasteiger partial charge in [-0.2, -0.15) is 0 Å². The highest BCUT2D eigenvalue weighted by atomic mass is 16.5. The number of carbonyl (C=O) groups excluding carboxylic acids is 2. The summed E-state index contributed by atoms with van der Waals surface area (Å²) < 4.78 is 4.98. The number of nitrogens with zero attached hydrogens (tertiary/aromatic N) is 2. The molecule has 0 N–H and O–H groups in total. The molecule has 0 aromatic heterocycles. The topological polar surface area (TPSA) is 49.9 Å². The number of anilines is 1. The van der Waals surface area contributed by atoms with Gasteiger partial charge in [0.2, 0.25) is 6.41 Å². The van der Waals surface area contributed by atoms with E-state index in [0.29, 0.717) is 5.56 Å². The van der Waals surface area contributed by atoms with E-state index >= 15 is 0 Å². The first-order valence-corrected chi connectivity index (χ1v) is 6.57. The third kappa shape index (κ3) is 3.38. The van der Waals surface area contributed by atoms with Crippen LogP contribution in [0.4, 0.5) is 5.69 Å². The summed E-state index contributed by atoms with van der Waals surface area (Å²) in [5.41, 5.74) is 1.58. The predicted molar refractivity (Wildman–Crippen MR) is 76.8 cm³/mol. The van der Waals surface area contributed by atoms with Crippen molar-refractivity contribution in [2.24, 2.45) is 0 Å². The van der Waals surface area contributed by atoms with Crippen LogP contribution < -0.4 is 4.90 Å². The van der Waals surface area contributed by atoms with E-state index in [0.717, 1.165) is 38.3 Å². The number of rotatable bonds is 5. The van der Waals surface area contributed by atoms with Crippen molar-refractivity contribution in [3.8, 4) is 0 Å².